The third kappa shape index (κ3) is 3.23. The van der Waals surface area contributed by atoms with Gasteiger partial charge in [-0.3, -0.25) is 9.59 Å². The molecule has 2 heterocycles. The average molecular weight is 380 g/mol. The number of anilines is 1. The van der Waals surface area contributed by atoms with Gasteiger partial charge in [0.25, 0.3) is 11.5 Å². The number of rotatable bonds is 4. The number of aromatic nitrogens is 1. The predicted molar refractivity (Wildman–Crippen MR) is 101 cm³/mol. The van der Waals surface area contributed by atoms with Crippen LogP contribution in [0.25, 0.3) is 11.1 Å². The van der Waals surface area contributed by atoms with Gasteiger partial charge in [-0.15, -0.1) is 0 Å². The van der Waals surface area contributed by atoms with Crippen molar-refractivity contribution >= 4 is 11.6 Å². The second kappa shape index (κ2) is 6.99. The highest BCUT2D eigenvalue weighted by Crippen LogP contribution is 2.35. The van der Waals surface area contributed by atoms with Crippen LogP contribution in [0.1, 0.15) is 10.4 Å². The number of fused-ring (bicyclic) bond motifs is 1. The van der Waals surface area contributed by atoms with Gasteiger partial charge in [0.2, 0.25) is 6.79 Å². The van der Waals surface area contributed by atoms with Crippen molar-refractivity contribution in [2.45, 2.75) is 0 Å². The summed E-state index contributed by atoms with van der Waals surface area (Å²) in [6.07, 6.45) is 1.39. The zero-order chi connectivity index (χ0) is 19.7. The molecule has 0 atom stereocenters. The summed E-state index contributed by atoms with van der Waals surface area (Å²) in [4.78, 5) is 27.3. The fraction of sp³-hybridized carbons (Fsp3) is 0.100. The first-order chi connectivity index (χ1) is 13.5. The summed E-state index contributed by atoms with van der Waals surface area (Å²) >= 11 is 0. The number of aromatic hydroxyl groups is 1. The van der Waals surface area contributed by atoms with E-state index in [1.54, 1.807) is 30.3 Å². The Morgan fingerprint density at radius 2 is 1.96 bits per heavy atom. The fourth-order valence-electron chi connectivity index (χ4n) is 2.86. The second-order valence-corrected chi connectivity index (χ2v) is 6.04. The van der Waals surface area contributed by atoms with E-state index in [0.29, 0.717) is 34.1 Å². The molecule has 0 fully saturated rings. The first kappa shape index (κ1) is 17.5. The van der Waals surface area contributed by atoms with Crippen molar-refractivity contribution in [2.24, 2.45) is 0 Å². The molecular formula is C20H16N2O6. The molecule has 0 spiro atoms. The highest BCUT2D eigenvalue weighted by atomic mass is 16.7. The number of amides is 1. The first-order valence-electron chi connectivity index (χ1n) is 8.36. The van der Waals surface area contributed by atoms with Crippen molar-refractivity contribution in [3.63, 3.8) is 0 Å². The third-order valence-corrected chi connectivity index (χ3v) is 4.29. The molecule has 0 bridgehead atoms. The molecule has 1 aliphatic rings. The maximum absolute atomic E-state index is 12.5. The van der Waals surface area contributed by atoms with E-state index >= 15 is 0 Å². The summed E-state index contributed by atoms with van der Waals surface area (Å²) in [7, 11) is 1.46. The standard InChI is InChI=1S/C20H16N2O6/c1-26-13-3-4-14(16(23)8-13)20(25)22-12-7-15(19(24)21-9-12)11-2-5-17-18(6-11)28-10-27-17/h2-9,23H,10H2,1H3,(H,21,24)(H,22,25). The highest BCUT2D eigenvalue weighted by molar-refractivity contribution is 6.06. The lowest BCUT2D eigenvalue weighted by Gasteiger charge is -2.09. The van der Waals surface area contributed by atoms with E-state index in [0.717, 1.165) is 0 Å². The van der Waals surface area contributed by atoms with E-state index < -0.39 is 5.91 Å². The predicted octanol–water partition coefficient (Wildman–Crippen LogP) is 2.74. The van der Waals surface area contributed by atoms with E-state index in [2.05, 4.69) is 10.3 Å². The molecular weight excluding hydrogens is 364 g/mol. The number of nitrogens with one attached hydrogen (secondary N) is 2. The van der Waals surface area contributed by atoms with Crippen LogP contribution in [-0.2, 0) is 0 Å². The van der Waals surface area contributed by atoms with Crippen molar-refractivity contribution in [3.05, 3.63) is 64.6 Å². The Morgan fingerprint density at radius 3 is 2.75 bits per heavy atom. The minimum atomic E-state index is -0.524. The molecule has 1 aliphatic heterocycles. The number of phenolic OH excluding ortho intramolecular Hbond substituents is 1. The highest BCUT2D eigenvalue weighted by Gasteiger charge is 2.17. The van der Waals surface area contributed by atoms with Crippen LogP contribution in [0.2, 0.25) is 0 Å². The monoisotopic (exact) mass is 380 g/mol. The Morgan fingerprint density at radius 1 is 1.14 bits per heavy atom. The molecule has 28 heavy (non-hydrogen) atoms. The van der Waals surface area contributed by atoms with Crippen LogP contribution in [0.4, 0.5) is 5.69 Å². The molecule has 1 amide bonds. The second-order valence-electron chi connectivity index (χ2n) is 6.04. The molecule has 8 nitrogen and oxygen atoms in total. The number of hydrogen-bond acceptors (Lipinski definition) is 6. The van der Waals surface area contributed by atoms with Crippen LogP contribution in [0.3, 0.4) is 0 Å². The smallest absolute Gasteiger partial charge is 0.259 e. The molecule has 0 radical (unpaired) electrons. The minimum absolute atomic E-state index is 0.0802. The van der Waals surface area contributed by atoms with Gasteiger partial charge in [-0.25, -0.2) is 0 Å². The van der Waals surface area contributed by atoms with Gasteiger partial charge in [0, 0.05) is 17.8 Å². The molecule has 0 unspecified atom stereocenters. The summed E-state index contributed by atoms with van der Waals surface area (Å²) < 4.78 is 15.6. The van der Waals surface area contributed by atoms with E-state index in [1.807, 2.05) is 0 Å². The van der Waals surface area contributed by atoms with Crippen LogP contribution in [0.15, 0.2) is 53.5 Å². The van der Waals surface area contributed by atoms with Gasteiger partial charge in [-0.05, 0) is 35.9 Å². The van der Waals surface area contributed by atoms with E-state index in [-0.39, 0.29) is 23.7 Å². The summed E-state index contributed by atoms with van der Waals surface area (Å²) in [5, 5.41) is 12.7. The average Bonchev–Trinajstić information content (AvgIpc) is 3.17. The van der Waals surface area contributed by atoms with Gasteiger partial charge >= 0.3 is 0 Å². The van der Waals surface area contributed by atoms with Gasteiger partial charge in [0.05, 0.1) is 18.4 Å². The summed E-state index contributed by atoms with van der Waals surface area (Å²) in [5.74, 6) is 0.860. The first-order valence-corrected chi connectivity index (χ1v) is 8.36. The maximum Gasteiger partial charge on any atom is 0.259 e. The third-order valence-electron chi connectivity index (χ3n) is 4.29. The maximum atomic E-state index is 12.5. The normalized spacial score (nSPS) is 11.9. The molecule has 3 N–H and O–H groups in total. The molecule has 0 aliphatic carbocycles. The Labute approximate surface area is 159 Å². The zero-order valence-corrected chi connectivity index (χ0v) is 14.8. The van der Waals surface area contributed by atoms with Gasteiger partial charge in [0.1, 0.15) is 11.5 Å². The van der Waals surface area contributed by atoms with Crippen molar-refractivity contribution < 1.29 is 24.1 Å². The van der Waals surface area contributed by atoms with E-state index in [9.17, 15) is 14.7 Å². The van der Waals surface area contributed by atoms with Crippen LogP contribution >= 0.6 is 0 Å². The fourth-order valence-corrected chi connectivity index (χ4v) is 2.86. The van der Waals surface area contributed by atoms with Gasteiger partial charge in [-0.1, -0.05) is 6.07 Å². The van der Waals surface area contributed by atoms with Crippen LogP contribution in [0, 0.1) is 0 Å². The Hall–Kier alpha value is -3.94. The molecule has 4 rings (SSSR count). The van der Waals surface area contributed by atoms with Crippen molar-refractivity contribution in [1.29, 1.82) is 0 Å². The number of phenols is 1. The van der Waals surface area contributed by atoms with Gasteiger partial charge in [0.15, 0.2) is 11.5 Å². The van der Waals surface area contributed by atoms with Crippen LogP contribution in [0.5, 0.6) is 23.0 Å². The summed E-state index contributed by atoms with van der Waals surface area (Å²) in [6, 6.07) is 11.1. The number of hydrogen-bond donors (Lipinski definition) is 3. The molecule has 142 valence electrons. The number of methoxy groups -OCH3 is 1. The van der Waals surface area contributed by atoms with E-state index in [4.69, 9.17) is 14.2 Å². The summed E-state index contributed by atoms with van der Waals surface area (Å²) in [5.41, 5.74) is 1.11. The molecule has 1 aromatic heterocycles. The lowest BCUT2D eigenvalue weighted by molar-refractivity contribution is 0.102. The van der Waals surface area contributed by atoms with E-state index in [1.165, 1.54) is 25.4 Å². The molecule has 8 heteroatoms. The number of carbonyl (C=O) groups excluding carboxylic acids is 1. The molecule has 3 aromatic rings. The van der Waals surface area contributed by atoms with Crippen molar-refractivity contribution in [1.82, 2.24) is 4.98 Å². The van der Waals surface area contributed by atoms with Crippen LogP contribution < -0.4 is 25.1 Å². The molecule has 2 aromatic carbocycles. The van der Waals surface area contributed by atoms with Gasteiger partial charge in [-0.2, -0.15) is 0 Å². The number of H-pyrrole nitrogens is 1. The lowest BCUT2D eigenvalue weighted by atomic mass is 10.1. The van der Waals surface area contributed by atoms with Gasteiger partial charge < -0.3 is 29.6 Å². The zero-order valence-electron chi connectivity index (χ0n) is 14.8. The number of carbonyl (C=O) groups is 1. The Bertz CT molecular complexity index is 1120. The Kier molecular flexibility index (Phi) is 4.36. The number of pyridine rings is 1. The summed E-state index contributed by atoms with van der Waals surface area (Å²) in [6.45, 7) is 0.136. The molecule has 0 saturated carbocycles. The number of ether oxygens (including phenoxy) is 3. The number of benzene rings is 2. The quantitative estimate of drug-likeness (QED) is 0.642. The largest absolute Gasteiger partial charge is 0.507 e. The molecule has 0 saturated heterocycles. The SMILES string of the molecule is COc1ccc(C(=O)Nc2c[nH]c(=O)c(-c3ccc4c(c3)OCO4)c2)c(O)c1. The van der Waals surface area contributed by atoms with Crippen molar-refractivity contribution in [3.8, 4) is 34.1 Å². The number of aromatic amines is 1. The van der Waals surface area contributed by atoms with Crippen LogP contribution in [-0.4, -0.2) is 29.9 Å². The Balaban J connectivity index is 1.62. The minimum Gasteiger partial charge on any atom is -0.507 e. The lowest BCUT2D eigenvalue weighted by Crippen LogP contribution is -2.15. The van der Waals surface area contributed by atoms with Crippen molar-refractivity contribution in [2.75, 3.05) is 19.2 Å². The topological polar surface area (TPSA) is 110 Å².